The Bertz CT molecular complexity index is 687. The Morgan fingerprint density at radius 1 is 1.14 bits per heavy atom. The predicted octanol–water partition coefficient (Wildman–Crippen LogP) is 3.96. The van der Waals surface area contributed by atoms with Gasteiger partial charge in [-0.15, -0.1) is 0 Å². The van der Waals surface area contributed by atoms with Crippen molar-refractivity contribution in [1.82, 2.24) is 4.98 Å². The molecule has 8 heteroatoms. The number of carbonyl (C=O) groups excluding carboxylic acids is 1. The lowest BCUT2D eigenvalue weighted by Crippen LogP contribution is -2.16. The van der Waals surface area contributed by atoms with Crippen molar-refractivity contribution < 1.29 is 13.6 Å². The van der Waals surface area contributed by atoms with Gasteiger partial charge >= 0.3 is 0 Å². The van der Waals surface area contributed by atoms with Gasteiger partial charge in [-0.25, -0.2) is 13.8 Å². The number of pyridine rings is 1. The molecule has 0 aliphatic heterocycles. The molecule has 0 bridgehead atoms. The first-order valence-corrected chi connectivity index (χ1v) is 6.47. The first-order valence-electron chi connectivity index (χ1n) is 5.71. The number of hydrogen-bond donors (Lipinski definition) is 2. The lowest BCUT2D eigenvalue weighted by molar-refractivity contribution is 0.102. The molecule has 0 fully saturated rings. The average Bonchev–Trinajstić information content (AvgIpc) is 2.42. The Labute approximate surface area is 129 Å². The van der Waals surface area contributed by atoms with E-state index in [-0.39, 0.29) is 27.1 Å². The van der Waals surface area contributed by atoms with Crippen LogP contribution < -0.4 is 10.6 Å². The van der Waals surface area contributed by atoms with E-state index in [1.165, 1.54) is 7.05 Å². The second kappa shape index (κ2) is 6.24. The number of nitrogens with one attached hydrogen (secondary N) is 2. The van der Waals surface area contributed by atoms with Gasteiger partial charge in [0.15, 0.2) is 0 Å². The molecule has 0 aliphatic carbocycles. The fraction of sp³-hybridized carbons (Fsp3) is 0.0769. The van der Waals surface area contributed by atoms with Crippen molar-refractivity contribution in [2.24, 2.45) is 0 Å². The average molecular weight is 332 g/mol. The molecule has 1 amide bonds. The van der Waals surface area contributed by atoms with Crippen LogP contribution in [0.1, 0.15) is 10.4 Å². The van der Waals surface area contributed by atoms with Gasteiger partial charge in [-0.3, -0.25) is 4.79 Å². The normalized spacial score (nSPS) is 10.3. The largest absolute Gasteiger partial charge is 0.372 e. The second-order valence-electron chi connectivity index (χ2n) is 4.00. The highest BCUT2D eigenvalue weighted by atomic mass is 35.5. The number of nitrogens with zero attached hydrogens (tertiary/aromatic N) is 1. The summed E-state index contributed by atoms with van der Waals surface area (Å²) < 4.78 is 26.3. The highest BCUT2D eigenvalue weighted by Gasteiger charge is 2.17. The maximum atomic E-state index is 13.2. The number of aromatic nitrogens is 1. The third-order valence-corrected chi connectivity index (χ3v) is 3.18. The minimum atomic E-state index is -0.679. The van der Waals surface area contributed by atoms with Gasteiger partial charge in [0.05, 0.1) is 27.5 Å². The SMILES string of the molecule is CNc1ncc(F)cc1C(=O)Nc1c(Cl)cc(F)cc1Cl. The number of rotatable bonds is 3. The molecule has 0 saturated heterocycles. The van der Waals surface area contributed by atoms with Gasteiger partial charge in [0.1, 0.15) is 17.5 Å². The third kappa shape index (κ3) is 3.40. The number of benzene rings is 1. The minimum Gasteiger partial charge on any atom is -0.372 e. The van der Waals surface area contributed by atoms with Crippen LogP contribution in [0.25, 0.3) is 0 Å². The van der Waals surface area contributed by atoms with E-state index >= 15 is 0 Å². The Morgan fingerprint density at radius 2 is 1.76 bits per heavy atom. The van der Waals surface area contributed by atoms with Crippen LogP contribution in [0.5, 0.6) is 0 Å². The first-order chi connectivity index (χ1) is 9.92. The van der Waals surface area contributed by atoms with Crippen molar-refractivity contribution in [3.8, 4) is 0 Å². The maximum Gasteiger partial charge on any atom is 0.259 e. The molecule has 1 heterocycles. The molecule has 0 aliphatic rings. The molecular formula is C13H9Cl2F2N3O. The molecule has 0 spiro atoms. The lowest BCUT2D eigenvalue weighted by atomic mass is 10.2. The first kappa shape index (κ1) is 15.5. The van der Waals surface area contributed by atoms with Crippen LogP contribution in [0.4, 0.5) is 20.3 Å². The van der Waals surface area contributed by atoms with E-state index in [0.717, 1.165) is 24.4 Å². The van der Waals surface area contributed by atoms with Gasteiger partial charge < -0.3 is 10.6 Å². The Morgan fingerprint density at radius 3 is 2.33 bits per heavy atom. The number of carbonyl (C=O) groups is 1. The topological polar surface area (TPSA) is 54.0 Å². The summed E-state index contributed by atoms with van der Waals surface area (Å²) in [4.78, 5) is 15.9. The zero-order valence-corrected chi connectivity index (χ0v) is 12.2. The molecule has 1 aromatic heterocycles. The molecule has 110 valence electrons. The van der Waals surface area contributed by atoms with Crippen molar-refractivity contribution in [1.29, 1.82) is 0 Å². The van der Waals surface area contributed by atoms with Crippen LogP contribution in [-0.2, 0) is 0 Å². The second-order valence-corrected chi connectivity index (χ2v) is 4.81. The van der Waals surface area contributed by atoms with Gasteiger partial charge in [-0.05, 0) is 18.2 Å². The van der Waals surface area contributed by atoms with Gasteiger partial charge in [-0.2, -0.15) is 0 Å². The van der Waals surface area contributed by atoms with Crippen molar-refractivity contribution in [2.45, 2.75) is 0 Å². The summed E-state index contributed by atoms with van der Waals surface area (Å²) in [5, 5.41) is 4.94. The molecule has 2 rings (SSSR count). The molecule has 4 nitrogen and oxygen atoms in total. The van der Waals surface area contributed by atoms with Crippen LogP contribution in [-0.4, -0.2) is 17.9 Å². The molecule has 1 aromatic carbocycles. The van der Waals surface area contributed by atoms with Gasteiger partial charge in [0.2, 0.25) is 0 Å². The minimum absolute atomic E-state index is 0.0334. The zero-order valence-electron chi connectivity index (χ0n) is 10.7. The highest BCUT2D eigenvalue weighted by molar-refractivity contribution is 6.40. The van der Waals surface area contributed by atoms with Gasteiger partial charge in [0, 0.05) is 7.05 Å². The van der Waals surface area contributed by atoms with Crippen molar-refractivity contribution >= 4 is 40.6 Å². The van der Waals surface area contributed by atoms with Gasteiger partial charge in [0.25, 0.3) is 5.91 Å². The van der Waals surface area contributed by atoms with Crippen molar-refractivity contribution in [3.63, 3.8) is 0 Å². The van der Waals surface area contributed by atoms with E-state index in [0.29, 0.717) is 0 Å². The maximum absolute atomic E-state index is 13.2. The number of amides is 1. The standard InChI is InChI=1S/C13H9Cl2F2N3O/c1-18-12-8(2-7(17)5-19-12)13(21)20-11-9(14)3-6(16)4-10(11)15/h2-5H,1H3,(H,18,19)(H,20,21). The van der Waals surface area contributed by atoms with E-state index < -0.39 is 17.5 Å². The molecule has 0 unspecified atom stereocenters. The summed E-state index contributed by atoms with van der Waals surface area (Å²) in [6.45, 7) is 0. The summed E-state index contributed by atoms with van der Waals surface area (Å²) in [6.07, 6.45) is 0.973. The lowest BCUT2D eigenvalue weighted by Gasteiger charge is -2.11. The van der Waals surface area contributed by atoms with Crippen LogP contribution in [0.3, 0.4) is 0 Å². The molecule has 21 heavy (non-hydrogen) atoms. The molecular weight excluding hydrogens is 323 g/mol. The van der Waals surface area contributed by atoms with E-state index in [9.17, 15) is 13.6 Å². The monoisotopic (exact) mass is 331 g/mol. The van der Waals surface area contributed by atoms with Gasteiger partial charge in [-0.1, -0.05) is 23.2 Å². The summed E-state index contributed by atoms with van der Waals surface area (Å²) in [5.74, 6) is -1.80. The number of anilines is 2. The fourth-order valence-corrected chi connectivity index (χ4v) is 2.21. The Balaban J connectivity index is 2.37. The molecule has 0 atom stereocenters. The highest BCUT2D eigenvalue weighted by Crippen LogP contribution is 2.32. The predicted molar refractivity (Wildman–Crippen MR) is 78.1 cm³/mol. The fourth-order valence-electron chi connectivity index (χ4n) is 1.65. The van der Waals surface area contributed by atoms with E-state index in [1.54, 1.807) is 0 Å². The molecule has 2 N–H and O–H groups in total. The Hall–Kier alpha value is -1.92. The smallest absolute Gasteiger partial charge is 0.259 e. The zero-order chi connectivity index (χ0) is 15.6. The van der Waals surface area contributed by atoms with E-state index in [1.807, 2.05) is 0 Å². The number of hydrogen-bond acceptors (Lipinski definition) is 3. The van der Waals surface area contributed by atoms with E-state index in [2.05, 4.69) is 15.6 Å². The van der Waals surface area contributed by atoms with Crippen LogP contribution in [0, 0.1) is 11.6 Å². The van der Waals surface area contributed by atoms with Crippen molar-refractivity contribution in [2.75, 3.05) is 17.7 Å². The molecule has 2 aromatic rings. The summed E-state index contributed by atoms with van der Waals surface area (Å²) in [5.41, 5.74) is 0.00464. The van der Waals surface area contributed by atoms with Crippen LogP contribution >= 0.6 is 23.2 Å². The summed E-state index contributed by atoms with van der Waals surface area (Å²) in [6, 6.07) is 3.03. The summed E-state index contributed by atoms with van der Waals surface area (Å²) >= 11 is 11.7. The quantitative estimate of drug-likeness (QED) is 0.895. The van der Waals surface area contributed by atoms with E-state index in [4.69, 9.17) is 23.2 Å². The summed E-state index contributed by atoms with van der Waals surface area (Å²) in [7, 11) is 1.54. The van der Waals surface area contributed by atoms with Crippen LogP contribution in [0.2, 0.25) is 10.0 Å². The Kier molecular flexibility index (Phi) is 4.59. The third-order valence-electron chi connectivity index (χ3n) is 2.58. The molecule has 0 saturated carbocycles. The number of halogens is 4. The van der Waals surface area contributed by atoms with Crippen molar-refractivity contribution in [3.05, 3.63) is 51.6 Å². The molecule has 0 radical (unpaired) electrons. The van der Waals surface area contributed by atoms with Crippen LogP contribution in [0.15, 0.2) is 24.4 Å².